The summed E-state index contributed by atoms with van der Waals surface area (Å²) in [7, 11) is 1.70. The van der Waals surface area contributed by atoms with E-state index in [-0.39, 0.29) is 12.5 Å². The molecule has 0 radical (unpaired) electrons. The molecular formula is C20H19Cl2N3O3. The molecular weight excluding hydrogens is 401 g/mol. The second-order valence-corrected chi connectivity index (χ2v) is 6.99. The lowest BCUT2D eigenvalue weighted by molar-refractivity contribution is -0.131. The standard InChI is InChI=1S/C20H19Cl2N3O3/c1-25(19(26)7-4-12-27-15-10-8-14(21)9-11-15)13-18-23-20(24-28-18)16-5-2-3-6-17(16)22/h2-3,5-6,8-11H,4,7,12-13H2,1H3. The van der Waals surface area contributed by atoms with Crippen molar-refractivity contribution in [1.29, 1.82) is 0 Å². The molecule has 3 rings (SSSR count). The highest BCUT2D eigenvalue weighted by Gasteiger charge is 2.15. The van der Waals surface area contributed by atoms with Crippen LogP contribution in [-0.2, 0) is 11.3 Å². The van der Waals surface area contributed by atoms with Crippen LogP contribution in [0.1, 0.15) is 18.7 Å². The summed E-state index contributed by atoms with van der Waals surface area (Å²) in [4.78, 5) is 18.1. The molecule has 28 heavy (non-hydrogen) atoms. The number of aromatic nitrogens is 2. The first-order valence-corrected chi connectivity index (χ1v) is 9.48. The van der Waals surface area contributed by atoms with Gasteiger partial charge in [-0.15, -0.1) is 0 Å². The van der Waals surface area contributed by atoms with Crippen LogP contribution in [0.3, 0.4) is 0 Å². The van der Waals surface area contributed by atoms with Crippen molar-refractivity contribution < 1.29 is 14.1 Å². The van der Waals surface area contributed by atoms with E-state index in [0.717, 1.165) is 5.75 Å². The Morgan fingerprint density at radius 3 is 2.64 bits per heavy atom. The van der Waals surface area contributed by atoms with Crippen LogP contribution < -0.4 is 4.74 Å². The zero-order chi connectivity index (χ0) is 19.9. The van der Waals surface area contributed by atoms with Crippen LogP contribution in [0.25, 0.3) is 11.4 Å². The predicted molar refractivity (Wildman–Crippen MR) is 107 cm³/mol. The molecule has 0 saturated heterocycles. The van der Waals surface area contributed by atoms with Gasteiger partial charge in [-0.2, -0.15) is 4.98 Å². The number of hydrogen-bond donors (Lipinski definition) is 0. The van der Waals surface area contributed by atoms with Crippen LogP contribution in [0, 0.1) is 0 Å². The Morgan fingerprint density at radius 1 is 1.14 bits per heavy atom. The monoisotopic (exact) mass is 419 g/mol. The second-order valence-electron chi connectivity index (χ2n) is 6.15. The first kappa shape index (κ1) is 20.2. The third-order valence-electron chi connectivity index (χ3n) is 4.00. The number of ether oxygens (including phenoxy) is 1. The van der Waals surface area contributed by atoms with Gasteiger partial charge in [0.05, 0.1) is 18.2 Å². The first-order valence-electron chi connectivity index (χ1n) is 8.73. The number of nitrogens with zero attached hydrogens (tertiary/aromatic N) is 3. The van der Waals surface area contributed by atoms with Crippen LogP contribution >= 0.6 is 23.2 Å². The number of carbonyl (C=O) groups is 1. The van der Waals surface area contributed by atoms with Gasteiger partial charge in [0, 0.05) is 24.1 Å². The van der Waals surface area contributed by atoms with Crippen molar-refractivity contribution in [3.8, 4) is 17.1 Å². The summed E-state index contributed by atoms with van der Waals surface area (Å²) >= 11 is 12.0. The molecule has 1 amide bonds. The normalized spacial score (nSPS) is 10.7. The molecule has 146 valence electrons. The number of benzene rings is 2. The topological polar surface area (TPSA) is 68.5 Å². The number of rotatable bonds is 8. The maximum atomic E-state index is 12.3. The van der Waals surface area contributed by atoms with Crippen molar-refractivity contribution in [2.45, 2.75) is 19.4 Å². The molecule has 0 atom stereocenters. The van der Waals surface area contributed by atoms with Crippen molar-refractivity contribution in [1.82, 2.24) is 15.0 Å². The Labute approximate surface area is 173 Å². The fourth-order valence-electron chi connectivity index (χ4n) is 2.50. The lowest BCUT2D eigenvalue weighted by Gasteiger charge is -2.14. The zero-order valence-electron chi connectivity index (χ0n) is 15.3. The first-order chi connectivity index (χ1) is 13.5. The van der Waals surface area contributed by atoms with E-state index >= 15 is 0 Å². The molecule has 8 heteroatoms. The lowest BCUT2D eigenvalue weighted by atomic mass is 10.2. The average molecular weight is 420 g/mol. The average Bonchev–Trinajstić information content (AvgIpc) is 3.15. The molecule has 0 spiro atoms. The van der Waals surface area contributed by atoms with E-state index in [1.807, 2.05) is 18.2 Å². The molecule has 0 N–H and O–H groups in total. The van der Waals surface area contributed by atoms with Crippen molar-refractivity contribution in [3.63, 3.8) is 0 Å². The van der Waals surface area contributed by atoms with E-state index < -0.39 is 0 Å². The summed E-state index contributed by atoms with van der Waals surface area (Å²) in [6.07, 6.45) is 0.954. The van der Waals surface area contributed by atoms with Gasteiger partial charge in [0.2, 0.25) is 17.6 Å². The van der Waals surface area contributed by atoms with Gasteiger partial charge < -0.3 is 14.2 Å². The van der Waals surface area contributed by atoms with Gasteiger partial charge in [0.1, 0.15) is 5.75 Å². The van der Waals surface area contributed by atoms with E-state index in [9.17, 15) is 4.79 Å². The summed E-state index contributed by atoms with van der Waals surface area (Å²) in [6, 6.07) is 14.4. The molecule has 0 saturated carbocycles. The molecule has 1 aromatic heterocycles. The van der Waals surface area contributed by atoms with Crippen LogP contribution in [0.2, 0.25) is 10.0 Å². The highest BCUT2D eigenvalue weighted by molar-refractivity contribution is 6.33. The maximum Gasteiger partial charge on any atom is 0.246 e. The van der Waals surface area contributed by atoms with E-state index in [4.69, 9.17) is 32.5 Å². The SMILES string of the molecule is CN(Cc1nc(-c2ccccc2Cl)no1)C(=O)CCCOc1ccc(Cl)cc1. The quantitative estimate of drug-likeness (QED) is 0.487. The van der Waals surface area contributed by atoms with Crippen LogP contribution in [0.4, 0.5) is 0 Å². The summed E-state index contributed by atoms with van der Waals surface area (Å²) in [6.45, 7) is 0.673. The van der Waals surface area contributed by atoms with Gasteiger partial charge in [0.15, 0.2) is 0 Å². The third-order valence-corrected chi connectivity index (χ3v) is 4.58. The molecule has 6 nitrogen and oxygen atoms in total. The molecule has 1 heterocycles. The smallest absolute Gasteiger partial charge is 0.246 e. The largest absolute Gasteiger partial charge is 0.494 e. The Bertz CT molecular complexity index is 928. The van der Waals surface area contributed by atoms with Crippen molar-refractivity contribution >= 4 is 29.1 Å². The van der Waals surface area contributed by atoms with Crippen LogP contribution in [0.15, 0.2) is 53.1 Å². The second kappa shape index (κ2) is 9.57. The molecule has 0 aliphatic rings. The van der Waals surface area contributed by atoms with Gasteiger partial charge in [-0.1, -0.05) is 40.5 Å². The molecule has 0 aliphatic carbocycles. The minimum Gasteiger partial charge on any atom is -0.494 e. The van der Waals surface area contributed by atoms with Crippen LogP contribution in [-0.4, -0.2) is 34.6 Å². The van der Waals surface area contributed by atoms with Crippen molar-refractivity contribution in [3.05, 3.63) is 64.5 Å². The van der Waals surface area contributed by atoms with Gasteiger partial charge in [0.25, 0.3) is 0 Å². The fourth-order valence-corrected chi connectivity index (χ4v) is 2.84. The van der Waals surface area contributed by atoms with Gasteiger partial charge >= 0.3 is 0 Å². The minimum absolute atomic E-state index is 0.0304. The molecule has 0 fully saturated rings. The number of carbonyl (C=O) groups excluding carboxylic acids is 1. The van der Waals surface area contributed by atoms with Gasteiger partial charge in [-0.3, -0.25) is 4.79 Å². The Balaban J connectivity index is 1.45. The molecule has 0 unspecified atom stereocenters. The Kier molecular flexibility index (Phi) is 6.90. The summed E-state index contributed by atoms with van der Waals surface area (Å²) in [5, 5.41) is 5.13. The minimum atomic E-state index is -0.0304. The third kappa shape index (κ3) is 5.47. The van der Waals surface area contributed by atoms with Crippen molar-refractivity contribution in [2.24, 2.45) is 0 Å². The van der Waals surface area contributed by atoms with E-state index in [1.54, 1.807) is 42.3 Å². The van der Waals surface area contributed by atoms with E-state index in [1.165, 1.54) is 0 Å². The zero-order valence-corrected chi connectivity index (χ0v) is 16.8. The molecule has 0 bridgehead atoms. The predicted octanol–water partition coefficient (Wildman–Crippen LogP) is 4.86. The fraction of sp³-hybridized carbons (Fsp3) is 0.250. The van der Waals surface area contributed by atoms with Gasteiger partial charge in [-0.25, -0.2) is 0 Å². The Morgan fingerprint density at radius 2 is 1.89 bits per heavy atom. The Hall–Kier alpha value is -2.57. The van der Waals surface area contributed by atoms with E-state index in [2.05, 4.69) is 10.1 Å². The summed E-state index contributed by atoms with van der Waals surface area (Å²) in [5.41, 5.74) is 0.687. The summed E-state index contributed by atoms with van der Waals surface area (Å²) < 4.78 is 10.8. The van der Waals surface area contributed by atoms with Gasteiger partial charge in [-0.05, 0) is 42.8 Å². The number of halogens is 2. The highest BCUT2D eigenvalue weighted by Crippen LogP contribution is 2.25. The molecule has 3 aromatic rings. The molecule has 0 aliphatic heterocycles. The molecule has 2 aromatic carbocycles. The lowest BCUT2D eigenvalue weighted by Crippen LogP contribution is -2.26. The highest BCUT2D eigenvalue weighted by atomic mass is 35.5. The number of hydrogen-bond acceptors (Lipinski definition) is 5. The van der Waals surface area contributed by atoms with Crippen LogP contribution in [0.5, 0.6) is 5.75 Å². The number of amides is 1. The van der Waals surface area contributed by atoms with E-state index in [0.29, 0.717) is 46.8 Å². The maximum absolute atomic E-state index is 12.3. The summed E-state index contributed by atoms with van der Waals surface area (Å²) in [5.74, 6) is 1.45. The van der Waals surface area contributed by atoms with Crippen molar-refractivity contribution in [2.75, 3.05) is 13.7 Å².